The van der Waals surface area contributed by atoms with Crippen LogP contribution in [0.5, 0.6) is 5.75 Å². The van der Waals surface area contributed by atoms with Gasteiger partial charge in [0.1, 0.15) is 17.9 Å². The van der Waals surface area contributed by atoms with Crippen molar-refractivity contribution >= 4 is 16.7 Å². The van der Waals surface area contributed by atoms with E-state index in [0.717, 1.165) is 22.3 Å². The number of furan rings is 1. The van der Waals surface area contributed by atoms with Crippen LogP contribution in [0, 0.1) is 0 Å². The lowest BCUT2D eigenvalue weighted by atomic mass is 10.1. The number of rotatable bonds is 3. The predicted octanol–water partition coefficient (Wildman–Crippen LogP) is 2.99. The lowest BCUT2D eigenvalue weighted by Gasteiger charge is -2.03. The number of nitrogens with two attached hydrogens (primary N) is 1. The Balaban J connectivity index is 1.85. The Hall–Kier alpha value is -2.49. The number of ether oxygens (including phenoxy) is 1. The maximum absolute atomic E-state index is 5.77. The molecule has 0 aliphatic rings. The molecule has 2 N–H and O–H groups in total. The van der Waals surface area contributed by atoms with Crippen molar-refractivity contribution in [2.45, 2.75) is 6.61 Å². The second-order valence-corrected chi connectivity index (χ2v) is 3.99. The molecule has 4 nitrogen and oxygen atoms in total. The number of benzene rings is 1. The Morgan fingerprint density at radius 3 is 3.06 bits per heavy atom. The van der Waals surface area contributed by atoms with Crippen LogP contribution in [0.3, 0.4) is 0 Å². The molecule has 0 fully saturated rings. The fourth-order valence-corrected chi connectivity index (χ4v) is 1.80. The summed E-state index contributed by atoms with van der Waals surface area (Å²) in [7, 11) is 0. The maximum Gasteiger partial charge on any atom is 0.138 e. The smallest absolute Gasteiger partial charge is 0.138 e. The highest BCUT2D eigenvalue weighted by molar-refractivity contribution is 5.84. The van der Waals surface area contributed by atoms with E-state index in [1.54, 1.807) is 18.7 Å². The van der Waals surface area contributed by atoms with Gasteiger partial charge in [-0.25, -0.2) is 0 Å². The van der Waals surface area contributed by atoms with Gasteiger partial charge >= 0.3 is 0 Å². The Bertz CT molecular complexity index is 662. The molecule has 0 aliphatic heterocycles. The summed E-state index contributed by atoms with van der Waals surface area (Å²) in [5.74, 6) is 0.732. The highest BCUT2D eigenvalue weighted by Gasteiger charge is 2.06. The van der Waals surface area contributed by atoms with Crippen molar-refractivity contribution in [3.63, 3.8) is 0 Å². The van der Waals surface area contributed by atoms with Crippen molar-refractivity contribution in [3.05, 3.63) is 54.6 Å². The van der Waals surface area contributed by atoms with Gasteiger partial charge in [-0.2, -0.15) is 0 Å². The topological polar surface area (TPSA) is 61.3 Å². The van der Waals surface area contributed by atoms with E-state index in [2.05, 4.69) is 4.98 Å². The summed E-state index contributed by atoms with van der Waals surface area (Å²) in [6, 6.07) is 9.26. The Kier molecular flexibility index (Phi) is 2.61. The molecule has 2 heterocycles. The zero-order valence-electron chi connectivity index (χ0n) is 9.67. The fourth-order valence-electron chi connectivity index (χ4n) is 1.80. The number of aromatic nitrogens is 1. The van der Waals surface area contributed by atoms with Crippen molar-refractivity contribution in [3.8, 4) is 5.75 Å². The molecule has 18 heavy (non-hydrogen) atoms. The van der Waals surface area contributed by atoms with Gasteiger partial charge in [-0.3, -0.25) is 4.98 Å². The number of nitrogens with zero attached hydrogens (tertiary/aromatic N) is 1. The van der Waals surface area contributed by atoms with Crippen LogP contribution in [0.25, 0.3) is 11.0 Å². The number of anilines is 1. The molecule has 90 valence electrons. The van der Waals surface area contributed by atoms with E-state index in [9.17, 15) is 0 Å². The minimum absolute atomic E-state index is 0.433. The molecule has 0 atom stereocenters. The normalized spacial score (nSPS) is 10.7. The molecule has 3 aromatic rings. The standard InChI is InChI=1S/C14H12N2O2/c15-11-3-4-14-13(6-11)10(9-18-14)8-17-12-2-1-5-16-7-12/h1-7,9H,8,15H2. The van der Waals surface area contributed by atoms with Gasteiger partial charge in [0.15, 0.2) is 0 Å². The summed E-state index contributed by atoms with van der Waals surface area (Å²) in [5, 5.41) is 0.985. The van der Waals surface area contributed by atoms with Crippen LogP contribution in [0.4, 0.5) is 5.69 Å². The molecule has 0 radical (unpaired) electrons. The lowest BCUT2D eigenvalue weighted by molar-refractivity contribution is 0.304. The van der Waals surface area contributed by atoms with Gasteiger partial charge in [0.05, 0.1) is 12.5 Å². The van der Waals surface area contributed by atoms with Crippen LogP contribution in [0.2, 0.25) is 0 Å². The lowest BCUT2D eigenvalue weighted by Crippen LogP contribution is -1.94. The fraction of sp³-hybridized carbons (Fsp3) is 0.0714. The van der Waals surface area contributed by atoms with Crippen molar-refractivity contribution < 1.29 is 9.15 Å². The average Bonchev–Trinajstić information content (AvgIpc) is 2.80. The van der Waals surface area contributed by atoms with Crippen molar-refractivity contribution in [2.75, 3.05) is 5.73 Å². The summed E-state index contributed by atoms with van der Waals surface area (Å²) in [5.41, 5.74) is 8.27. The average molecular weight is 240 g/mol. The number of fused-ring (bicyclic) bond motifs is 1. The first-order valence-electron chi connectivity index (χ1n) is 5.61. The van der Waals surface area contributed by atoms with Gasteiger partial charge in [-0.1, -0.05) is 0 Å². The van der Waals surface area contributed by atoms with Crippen LogP contribution >= 0.6 is 0 Å². The second-order valence-electron chi connectivity index (χ2n) is 3.99. The largest absolute Gasteiger partial charge is 0.487 e. The van der Waals surface area contributed by atoms with E-state index < -0.39 is 0 Å². The molecule has 0 spiro atoms. The Morgan fingerprint density at radius 2 is 2.22 bits per heavy atom. The van der Waals surface area contributed by atoms with Crippen molar-refractivity contribution in [1.29, 1.82) is 0 Å². The maximum atomic E-state index is 5.77. The van der Waals surface area contributed by atoms with E-state index in [0.29, 0.717) is 12.3 Å². The minimum atomic E-state index is 0.433. The van der Waals surface area contributed by atoms with Gasteiger partial charge < -0.3 is 14.9 Å². The molecule has 0 bridgehead atoms. The highest BCUT2D eigenvalue weighted by atomic mass is 16.5. The SMILES string of the molecule is Nc1ccc2occ(COc3cccnc3)c2c1. The van der Waals surface area contributed by atoms with Gasteiger partial charge in [0.25, 0.3) is 0 Å². The van der Waals surface area contributed by atoms with Crippen molar-refractivity contribution in [1.82, 2.24) is 4.98 Å². The van der Waals surface area contributed by atoms with Crippen LogP contribution in [-0.2, 0) is 6.61 Å². The predicted molar refractivity (Wildman–Crippen MR) is 69.2 cm³/mol. The Morgan fingerprint density at radius 1 is 1.28 bits per heavy atom. The van der Waals surface area contributed by atoms with E-state index in [4.69, 9.17) is 14.9 Å². The summed E-state index contributed by atoms with van der Waals surface area (Å²) >= 11 is 0. The zero-order valence-corrected chi connectivity index (χ0v) is 9.67. The molecule has 1 aromatic carbocycles. The first-order chi connectivity index (χ1) is 8.83. The zero-order chi connectivity index (χ0) is 12.4. The summed E-state index contributed by atoms with van der Waals surface area (Å²) in [4.78, 5) is 3.99. The molecule has 0 saturated carbocycles. The third kappa shape index (κ3) is 2.00. The third-order valence-electron chi connectivity index (χ3n) is 2.71. The molecular formula is C14H12N2O2. The van der Waals surface area contributed by atoms with Gasteiger partial charge in [0.2, 0.25) is 0 Å². The van der Waals surface area contributed by atoms with Crippen LogP contribution in [-0.4, -0.2) is 4.98 Å². The molecule has 3 rings (SSSR count). The van der Waals surface area contributed by atoms with E-state index in [1.165, 1.54) is 0 Å². The quantitative estimate of drug-likeness (QED) is 0.715. The molecule has 0 saturated heterocycles. The van der Waals surface area contributed by atoms with Crippen LogP contribution < -0.4 is 10.5 Å². The van der Waals surface area contributed by atoms with Crippen LogP contribution in [0.15, 0.2) is 53.4 Å². The van der Waals surface area contributed by atoms with Gasteiger partial charge in [0, 0.05) is 22.8 Å². The summed E-state index contributed by atoms with van der Waals surface area (Å²) < 4.78 is 11.1. The third-order valence-corrected chi connectivity index (χ3v) is 2.71. The first-order valence-corrected chi connectivity index (χ1v) is 5.61. The number of pyridine rings is 1. The minimum Gasteiger partial charge on any atom is -0.487 e. The highest BCUT2D eigenvalue weighted by Crippen LogP contribution is 2.24. The molecule has 0 amide bonds. The number of hydrogen-bond acceptors (Lipinski definition) is 4. The summed E-state index contributed by atoms with van der Waals surface area (Å²) in [6.45, 7) is 0.433. The second kappa shape index (κ2) is 4.41. The van der Waals surface area contributed by atoms with E-state index in [1.807, 2.05) is 30.3 Å². The molecule has 4 heteroatoms. The monoisotopic (exact) mass is 240 g/mol. The molecule has 2 aromatic heterocycles. The molecule has 0 aliphatic carbocycles. The van der Waals surface area contributed by atoms with Gasteiger partial charge in [-0.15, -0.1) is 0 Å². The Labute approximate surface area is 104 Å². The van der Waals surface area contributed by atoms with Gasteiger partial charge in [-0.05, 0) is 30.3 Å². The summed E-state index contributed by atoms with van der Waals surface area (Å²) in [6.07, 6.45) is 5.08. The van der Waals surface area contributed by atoms with Crippen molar-refractivity contribution in [2.24, 2.45) is 0 Å². The molecule has 0 unspecified atom stereocenters. The van der Waals surface area contributed by atoms with E-state index in [-0.39, 0.29) is 0 Å². The first kappa shape index (κ1) is 10.7. The number of nitrogen functional groups attached to an aromatic ring is 1. The van der Waals surface area contributed by atoms with E-state index >= 15 is 0 Å². The molecular weight excluding hydrogens is 228 g/mol. The van der Waals surface area contributed by atoms with Crippen LogP contribution in [0.1, 0.15) is 5.56 Å². The number of hydrogen-bond donors (Lipinski definition) is 1.